The van der Waals surface area contributed by atoms with Crippen LogP contribution in [0.15, 0.2) is 84.4 Å². The highest BCUT2D eigenvalue weighted by Gasteiger charge is 2.46. The molecule has 8 heteroatoms. The number of benzene rings is 3. The average Bonchev–Trinajstić information content (AvgIpc) is 3.09. The third-order valence-corrected chi connectivity index (χ3v) is 5.19. The molecule has 1 atom stereocenters. The SMILES string of the molecule is N#Cc1ccc(N2C(=O)C(=O)/C(=C(\O)c3ccc([N+](=O)[O-])cc3)C2c2ccccc2)cc1. The van der Waals surface area contributed by atoms with Gasteiger partial charge in [0.05, 0.1) is 28.2 Å². The number of nitriles is 1. The van der Waals surface area contributed by atoms with Crippen molar-refractivity contribution in [2.24, 2.45) is 0 Å². The number of carbonyl (C=O) groups excluding carboxylic acids is 2. The van der Waals surface area contributed by atoms with Crippen molar-refractivity contribution in [2.45, 2.75) is 6.04 Å². The van der Waals surface area contributed by atoms with Gasteiger partial charge in [-0.3, -0.25) is 24.6 Å². The number of nitro groups is 1. The number of non-ortho nitro benzene ring substituents is 1. The Morgan fingerprint density at radius 1 is 0.969 bits per heavy atom. The number of aliphatic hydroxyl groups excluding tert-OH is 1. The fourth-order valence-corrected chi connectivity index (χ4v) is 3.64. The summed E-state index contributed by atoms with van der Waals surface area (Å²) < 4.78 is 0. The van der Waals surface area contributed by atoms with Crippen LogP contribution in [0.2, 0.25) is 0 Å². The minimum atomic E-state index is -0.917. The molecule has 8 nitrogen and oxygen atoms in total. The lowest BCUT2D eigenvalue weighted by Crippen LogP contribution is -2.29. The minimum Gasteiger partial charge on any atom is -0.507 e. The van der Waals surface area contributed by atoms with Crippen LogP contribution in [0.1, 0.15) is 22.7 Å². The van der Waals surface area contributed by atoms with E-state index in [0.29, 0.717) is 16.8 Å². The number of hydrogen-bond donors (Lipinski definition) is 1. The van der Waals surface area contributed by atoms with Crippen LogP contribution in [0.4, 0.5) is 11.4 Å². The van der Waals surface area contributed by atoms with Gasteiger partial charge in [-0.15, -0.1) is 0 Å². The number of nitrogens with zero attached hydrogens (tertiary/aromatic N) is 3. The molecule has 3 aromatic carbocycles. The lowest BCUT2D eigenvalue weighted by molar-refractivity contribution is -0.384. The summed E-state index contributed by atoms with van der Waals surface area (Å²) in [5.41, 5.74) is 1.27. The van der Waals surface area contributed by atoms with Crippen molar-refractivity contribution < 1.29 is 19.6 Å². The van der Waals surface area contributed by atoms with Crippen LogP contribution in [0.5, 0.6) is 0 Å². The van der Waals surface area contributed by atoms with E-state index in [0.717, 1.165) is 0 Å². The molecule has 1 aliphatic rings. The minimum absolute atomic E-state index is 0.126. The number of rotatable bonds is 4. The van der Waals surface area contributed by atoms with E-state index >= 15 is 0 Å². The maximum atomic E-state index is 13.0. The summed E-state index contributed by atoms with van der Waals surface area (Å²) in [5.74, 6) is -2.13. The molecule has 0 radical (unpaired) electrons. The first-order valence-corrected chi connectivity index (χ1v) is 9.53. The standard InChI is InChI=1S/C24H15N3O5/c25-14-15-6-10-18(11-7-15)26-21(16-4-2-1-3-5-16)20(23(29)24(26)30)22(28)17-8-12-19(13-9-17)27(31)32/h1-13,21,28H/b22-20-. The second kappa shape index (κ2) is 8.16. The van der Waals surface area contributed by atoms with Gasteiger partial charge in [-0.05, 0) is 42.0 Å². The maximum Gasteiger partial charge on any atom is 0.300 e. The molecule has 32 heavy (non-hydrogen) atoms. The molecule has 1 unspecified atom stereocenters. The summed E-state index contributed by atoms with van der Waals surface area (Å²) in [4.78, 5) is 37.6. The van der Waals surface area contributed by atoms with Gasteiger partial charge in [0.25, 0.3) is 17.4 Å². The zero-order chi connectivity index (χ0) is 22.8. The number of hydrogen-bond acceptors (Lipinski definition) is 6. The molecule has 0 aliphatic carbocycles. The largest absolute Gasteiger partial charge is 0.507 e. The van der Waals surface area contributed by atoms with Gasteiger partial charge in [0.15, 0.2) is 0 Å². The van der Waals surface area contributed by atoms with Crippen molar-refractivity contribution in [1.29, 1.82) is 5.26 Å². The van der Waals surface area contributed by atoms with Crippen LogP contribution in [0, 0.1) is 21.4 Å². The Hall–Kier alpha value is -4.77. The lowest BCUT2D eigenvalue weighted by Gasteiger charge is -2.25. The number of anilines is 1. The van der Waals surface area contributed by atoms with Crippen LogP contribution in [-0.2, 0) is 9.59 Å². The van der Waals surface area contributed by atoms with Gasteiger partial charge in [-0.1, -0.05) is 30.3 Å². The van der Waals surface area contributed by atoms with Crippen LogP contribution < -0.4 is 4.90 Å². The summed E-state index contributed by atoms with van der Waals surface area (Å²) in [6.07, 6.45) is 0. The van der Waals surface area contributed by atoms with E-state index < -0.39 is 28.4 Å². The monoisotopic (exact) mass is 425 g/mol. The Bertz CT molecular complexity index is 1290. The summed E-state index contributed by atoms with van der Waals surface area (Å²) in [7, 11) is 0. The highest BCUT2D eigenvalue weighted by molar-refractivity contribution is 6.51. The van der Waals surface area contributed by atoms with Gasteiger partial charge in [-0.2, -0.15) is 5.26 Å². The number of Topliss-reactive ketones (excluding diaryl/α,β-unsaturated/α-hetero) is 1. The topological polar surface area (TPSA) is 125 Å². The molecule has 1 amide bonds. The smallest absolute Gasteiger partial charge is 0.300 e. The van der Waals surface area contributed by atoms with E-state index in [2.05, 4.69) is 0 Å². The molecule has 0 spiro atoms. The third-order valence-electron chi connectivity index (χ3n) is 5.19. The summed E-state index contributed by atoms with van der Waals surface area (Å²) >= 11 is 0. The first-order chi connectivity index (χ1) is 15.4. The molecule has 4 rings (SSSR count). The molecule has 0 saturated carbocycles. The van der Waals surface area contributed by atoms with E-state index in [9.17, 15) is 24.8 Å². The van der Waals surface area contributed by atoms with E-state index in [1.54, 1.807) is 42.5 Å². The van der Waals surface area contributed by atoms with Gasteiger partial charge in [-0.25, -0.2) is 0 Å². The second-order valence-electron chi connectivity index (χ2n) is 7.04. The van der Waals surface area contributed by atoms with Crippen LogP contribution >= 0.6 is 0 Å². The molecule has 1 saturated heterocycles. The van der Waals surface area contributed by atoms with E-state index in [1.165, 1.54) is 41.3 Å². The first-order valence-electron chi connectivity index (χ1n) is 9.53. The molecule has 3 aromatic rings. The van der Waals surface area contributed by atoms with Crippen molar-refractivity contribution in [3.05, 3.63) is 111 Å². The van der Waals surface area contributed by atoms with Gasteiger partial charge >= 0.3 is 0 Å². The van der Waals surface area contributed by atoms with Crippen LogP contribution in [0.25, 0.3) is 5.76 Å². The quantitative estimate of drug-likeness (QED) is 0.221. The zero-order valence-electron chi connectivity index (χ0n) is 16.5. The summed E-state index contributed by atoms with van der Waals surface area (Å²) in [5, 5.41) is 31.0. The summed E-state index contributed by atoms with van der Waals surface area (Å²) in [6.45, 7) is 0. The second-order valence-corrected chi connectivity index (χ2v) is 7.04. The van der Waals surface area contributed by atoms with Gasteiger partial charge in [0.2, 0.25) is 0 Å². The van der Waals surface area contributed by atoms with Crippen molar-refractivity contribution in [3.8, 4) is 6.07 Å². The van der Waals surface area contributed by atoms with Crippen molar-refractivity contribution in [2.75, 3.05) is 4.90 Å². The van der Waals surface area contributed by atoms with E-state index in [4.69, 9.17) is 5.26 Å². The predicted octanol–water partition coefficient (Wildman–Crippen LogP) is 4.09. The van der Waals surface area contributed by atoms with Gasteiger partial charge < -0.3 is 5.11 Å². The fourth-order valence-electron chi connectivity index (χ4n) is 3.64. The molecule has 1 aliphatic heterocycles. The normalized spacial score (nSPS) is 17.2. The number of amides is 1. The Balaban J connectivity index is 1.89. The number of aliphatic hydroxyl groups is 1. The molecule has 156 valence electrons. The Kier molecular flexibility index (Phi) is 5.23. The van der Waals surface area contributed by atoms with E-state index in [1.807, 2.05) is 6.07 Å². The third kappa shape index (κ3) is 3.48. The van der Waals surface area contributed by atoms with Crippen molar-refractivity contribution in [1.82, 2.24) is 0 Å². The maximum absolute atomic E-state index is 13.0. The Labute approximate surface area is 182 Å². The number of nitro benzene ring substituents is 1. The lowest BCUT2D eigenvalue weighted by atomic mass is 9.95. The highest BCUT2D eigenvalue weighted by atomic mass is 16.6. The molecular formula is C24H15N3O5. The zero-order valence-corrected chi connectivity index (χ0v) is 16.5. The van der Waals surface area contributed by atoms with Crippen LogP contribution in [-0.4, -0.2) is 21.7 Å². The molecule has 1 fully saturated rings. The molecular weight excluding hydrogens is 410 g/mol. The van der Waals surface area contributed by atoms with Crippen molar-refractivity contribution in [3.63, 3.8) is 0 Å². The van der Waals surface area contributed by atoms with Crippen molar-refractivity contribution >= 4 is 28.8 Å². The van der Waals surface area contributed by atoms with Gasteiger partial charge in [0, 0.05) is 23.4 Å². The number of carbonyl (C=O) groups is 2. The predicted molar refractivity (Wildman–Crippen MR) is 115 cm³/mol. The Morgan fingerprint density at radius 3 is 2.16 bits per heavy atom. The van der Waals surface area contributed by atoms with E-state index in [-0.39, 0.29) is 16.8 Å². The fraction of sp³-hybridized carbons (Fsp3) is 0.0417. The highest BCUT2D eigenvalue weighted by Crippen LogP contribution is 2.42. The van der Waals surface area contributed by atoms with Gasteiger partial charge in [0.1, 0.15) is 5.76 Å². The average molecular weight is 425 g/mol. The van der Waals surface area contributed by atoms with Crippen LogP contribution in [0.3, 0.4) is 0 Å². The summed E-state index contributed by atoms with van der Waals surface area (Å²) in [6, 6.07) is 21.1. The number of ketones is 1. The first kappa shape index (κ1) is 20.5. The molecule has 0 aromatic heterocycles. The molecule has 0 bridgehead atoms. The Morgan fingerprint density at radius 2 is 1.59 bits per heavy atom. The molecule has 1 N–H and O–H groups in total. The molecule has 1 heterocycles.